The van der Waals surface area contributed by atoms with Gasteiger partial charge in [-0.2, -0.15) is 0 Å². The maximum Gasteiger partial charge on any atom is 0.305 e. The van der Waals surface area contributed by atoms with Gasteiger partial charge >= 0.3 is 5.97 Å². The summed E-state index contributed by atoms with van der Waals surface area (Å²) >= 11 is 0. The van der Waals surface area contributed by atoms with Gasteiger partial charge in [0.1, 0.15) is 0 Å². The molecular formula is C11H16FN3O2. The predicted molar refractivity (Wildman–Crippen MR) is 61.1 cm³/mol. The summed E-state index contributed by atoms with van der Waals surface area (Å²) in [5.74, 6) is -1.20. The number of nitrogens with one attached hydrogen (secondary N) is 1. The van der Waals surface area contributed by atoms with Crippen molar-refractivity contribution in [1.82, 2.24) is 9.97 Å². The monoisotopic (exact) mass is 241 g/mol. The number of aromatic nitrogens is 2. The van der Waals surface area contributed by atoms with Crippen molar-refractivity contribution in [3.63, 3.8) is 0 Å². The molecule has 2 N–H and O–H groups in total. The summed E-state index contributed by atoms with van der Waals surface area (Å²) in [6.07, 6.45) is 2.02. The fourth-order valence-electron chi connectivity index (χ4n) is 1.29. The lowest BCUT2D eigenvalue weighted by Gasteiger charge is -2.30. The Kier molecular flexibility index (Phi) is 3.98. The number of nitrogens with zero attached hydrogens (tertiary/aromatic N) is 2. The number of carboxylic acids is 1. The third-order valence-corrected chi connectivity index (χ3v) is 2.35. The lowest BCUT2D eigenvalue weighted by atomic mass is 9.85. The molecule has 0 aromatic carbocycles. The Morgan fingerprint density at radius 1 is 1.47 bits per heavy atom. The molecule has 1 rings (SSSR count). The van der Waals surface area contributed by atoms with Crippen LogP contribution in [0, 0.1) is 11.2 Å². The third kappa shape index (κ3) is 4.34. The SMILES string of the molecule is CC(C)(C)C(CC(=O)O)Nc1ncc(F)cn1. The number of carboxylic acid groups (broad SMARTS) is 1. The maximum absolute atomic E-state index is 12.6. The minimum Gasteiger partial charge on any atom is -0.481 e. The maximum atomic E-state index is 12.6. The molecule has 0 radical (unpaired) electrons. The van der Waals surface area contributed by atoms with Gasteiger partial charge in [-0.3, -0.25) is 4.79 Å². The van der Waals surface area contributed by atoms with E-state index in [0.29, 0.717) is 0 Å². The minimum absolute atomic E-state index is 0.0514. The van der Waals surface area contributed by atoms with E-state index >= 15 is 0 Å². The van der Waals surface area contributed by atoms with Crippen molar-refractivity contribution in [2.45, 2.75) is 33.2 Å². The van der Waals surface area contributed by atoms with Crippen molar-refractivity contribution in [1.29, 1.82) is 0 Å². The van der Waals surface area contributed by atoms with Gasteiger partial charge in [-0.15, -0.1) is 0 Å². The van der Waals surface area contributed by atoms with E-state index in [9.17, 15) is 9.18 Å². The van der Waals surface area contributed by atoms with Gasteiger partial charge in [-0.05, 0) is 5.41 Å². The highest BCUT2D eigenvalue weighted by Gasteiger charge is 2.27. The van der Waals surface area contributed by atoms with Crippen LogP contribution in [0.15, 0.2) is 12.4 Å². The minimum atomic E-state index is -0.903. The summed E-state index contributed by atoms with van der Waals surface area (Å²) in [4.78, 5) is 18.3. The van der Waals surface area contributed by atoms with Crippen LogP contribution in [0.5, 0.6) is 0 Å². The van der Waals surface area contributed by atoms with Crippen molar-refractivity contribution in [2.24, 2.45) is 5.41 Å². The molecule has 0 aliphatic carbocycles. The molecule has 0 aliphatic heterocycles. The number of aliphatic carboxylic acids is 1. The Morgan fingerprint density at radius 3 is 2.41 bits per heavy atom. The van der Waals surface area contributed by atoms with Crippen molar-refractivity contribution in [2.75, 3.05) is 5.32 Å². The number of hydrogen-bond donors (Lipinski definition) is 2. The first-order valence-electron chi connectivity index (χ1n) is 5.25. The first-order chi connectivity index (χ1) is 7.79. The number of rotatable bonds is 4. The summed E-state index contributed by atoms with van der Waals surface area (Å²) in [7, 11) is 0. The van der Waals surface area contributed by atoms with Gasteiger partial charge in [0.05, 0.1) is 18.8 Å². The van der Waals surface area contributed by atoms with E-state index in [0.717, 1.165) is 12.4 Å². The number of carbonyl (C=O) groups is 1. The van der Waals surface area contributed by atoms with Crippen molar-refractivity contribution < 1.29 is 14.3 Å². The van der Waals surface area contributed by atoms with Gasteiger partial charge in [0.15, 0.2) is 5.82 Å². The fraction of sp³-hybridized carbons (Fsp3) is 0.545. The molecule has 0 saturated heterocycles. The average molecular weight is 241 g/mol. The first kappa shape index (κ1) is 13.3. The van der Waals surface area contributed by atoms with E-state index in [1.807, 2.05) is 20.8 Å². The zero-order chi connectivity index (χ0) is 13.1. The van der Waals surface area contributed by atoms with Crippen LogP contribution < -0.4 is 5.32 Å². The van der Waals surface area contributed by atoms with E-state index in [2.05, 4.69) is 15.3 Å². The van der Waals surface area contributed by atoms with Crippen LogP contribution in [0.1, 0.15) is 27.2 Å². The molecule has 0 spiro atoms. The summed E-state index contributed by atoms with van der Waals surface area (Å²) in [5, 5.41) is 11.7. The van der Waals surface area contributed by atoms with Crippen LogP contribution in [-0.4, -0.2) is 27.1 Å². The second-order valence-electron chi connectivity index (χ2n) is 4.89. The van der Waals surface area contributed by atoms with Gasteiger partial charge in [0.25, 0.3) is 0 Å². The zero-order valence-electron chi connectivity index (χ0n) is 10.1. The third-order valence-electron chi connectivity index (χ3n) is 2.35. The molecule has 0 fully saturated rings. The van der Waals surface area contributed by atoms with Crippen LogP contribution in [0.4, 0.5) is 10.3 Å². The van der Waals surface area contributed by atoms with Gasteiger partial charge in [0.2, 0.25) is 5.95 Å². The molecule has 17 heavy (non-hydrogen) atoms. The molecule has 1 heterocycles. The lowest BCUT2D eigenvalue weighted by molar-refractivity contribution is -0.137. The lowest BCUT2D eigenvalue weighted by Crippen LogP contribution is -2.36. The Labute approximate surface area is 99.1 Å². The van der Waals surface area contributed by atoms with Crippen LogP contribution in [0.25, 0.3) is 0 Å². The van der Waals surface area contributed by atoms with Gasteiger partial charge < -0.3 is 10.4 Å². The van der Waals surface area contributed by atoms with E-state index < -0.39 is 11.8 Å². The Hall–Kier alpha value is -1.72. The zero-order valence-corrected chi connectivity index (χ0v) is 10.1. The van der Waals surface area contributed by atoms with Gasteiger partial charge in [-0.25, -0.2) is 14.4 Å². The summed E-state index contributed by atoms with van der Waals surface area (Å²) < 4.78 is 12.6. The molecule has 1 unspecified atom stereocenters. The Balaban J connectivity index is 2.79. The Morgan fingerprint density at radius 2 is 2.00 bits per heavy atom. The van der Waals surface area contributed by atoms with Crippen molar-refractivity contribution in [3.8, 4) is 0 Å². The van der Waals surface area contributed by atoms with E-state index in [1.54, 1.807) is 0 Å². The molecule has 5 nitrogen and oxygen atoms in total. The summed E-state index contributed by atoms with van der Waals surface area (Å²) in [6.45, 7) is 5.74. The van der Waals surface area contributed by atoms with Crippen LogP contribution in [0.2, 0.25) is 0 Å². The van der Waals surface area contributed by atoms with Crippen molar-refractivity contribution in [3.05, 3.63) is 18.2 Å². The predicted octanol–water partition coefficient (Wildman–Crippen LogP) is 1.92. The van der Waals surface area contributed by atoms with Crippen molar-refractivity contribution >= 4 is 11.9 Å². The highest BCUT2D eigenvalue weighted by molar-refractivity contribution is 5.68. The fourth-order valence-corrected chi connectivity index (χ4v) is 1.29. The molecule has 94 valence electrons. The van der Waals surface area contributed by atoms with Crippen LogP contribution in [-0.2, 0) is 4.79 Å². The number of hydrogen-bond acceptors (Lipinski definition) is 4. The quantitative estimate of drug-likeness (QED) is 0.842. The molecule has 0 aliphatic rings. The van der Waals surface area contributed by atoms with Gasteiger partial charge in [-0.1, -0.05) is 20.8 Å². The summed E-state index contributed by atoms with van der Waals surface area (Å²) in [6, 6.07) is -0.328. The largest absolute Gasteiger partial charge is 0.481 e. The smallest absolute Gasteiger partial charge is 0.305 e. The summed E-state index contributed by atoms with van der Waals surface area (Å²) in [5.41, 5.74) is -0.268. The second-order valence-corrected chi connectivity index (χ2v) is 4.89. The van der Waals surface area contributed by atoms with Crippen LogP contribution >= 0.6 is 0 Å². The highest BCUT2D eigenvalue weighted by Crippen LogP contribution is 2.24. The first-order valence-corrected chi connectivity index (χ1v) is 5.25. The van der Waals surface area contributed by atoms with E-state index in [4.69, 9.17) is 5.11 Å². The number of anilines is 1. The molecule has 0 saturated carbocycles. The topological polar surface area (TPSA) is 75.1 Å². The van der Waals surface area contributed by atoms with Gasteiger partial charge in [0, 0.05) is 6.04 Å². The molecule has 1 aromatic rings. The molecule has 0 bridgehead atoms. The van der Waals surface area contributed by atoms with E-state index in [-0.39, 0.29) is 23.8 Å². The molecule has 1 atom stereocenters. The standard InChI is InChI=1S/C11H16FN3O2/c1-11(2,3)8(4-9(16)17)15-10-13-5-7(12)6-14-10/h5-6,8H,4H2,1-3H3,(H,16,17)(H,13,14,15). The van der Waals surface area contributed by atoms with E-state index in [1.165, 1.54) is 0 Å². The average Bonchev–Trinajstić information content (AvgIpc) is 2.18. The normalized spacial score (nSPS) is 13.2. The molecule has 0 amide bonds. The second kappa shape index (κ2) is 5.07. The highest BCUT2D eigenvalue weighted by atomic mass is 19.1. The van der Waals surface area contributed by atoms with Crippen LogP contribution in [0.3, 0.4) is 0 Å². The number of halogens is 1. The Bertz CT molecular complexity index is 387. The molecule has 6 heteroatoms. The molecule has 1 aromatic heterocycles. The molecular weight excluding hydrogens is 225 g/mol.